The van der Waals surface area contributed by atoms with Crippen molar-refractivity contribution in [2.45, 2.75) is 50.7 Å². The predicted molar refractivity (Wildman–Crippen MR) is 123 cm³/mol. The monoisotopic (exact) mass is 474 g/mol. The normalized spacial score (nSPS) is 22.3. The number of nitrogens with two attached hydrogens (primary N) is 1. The van der Waals surface area contributed by atoms with Crippen LogP contribution in [0.25, 0.3) is 0 Å². The van der Waals surface area contributed by atoms with E-state index in [1.807, 2.05) is 30.3 Å². The quantitative estimate of drug-likeness (QED) is 0.432. The fraction of sp³-hybridized carbons (Fsp3) is 0.429. The van der Waals surface area contributed by atoms with Gasteiger partial charge in [-0.25, -0.2) is 0 Å². The van der Waals surface area contributed by atoms with E-state index in [9.17, 15) is 14.4 Å². The summed E-state index contributed by atoms with van der Waals surface area (Å²) in [5.74, 6) is -1.19. The zero-order chi connectivity index (χ0) is 23.8. The van der Waals surface area contributed by atoms with Gasteiger partial charge in [-0.2, -0.15) is 15.0 Å². The molecule has 0 unspecified atom stereocenters. The summed E-state index contributed by atoms with van der Waals surface area (Å²) in [6.45, 7) is 2.11. The fourth-order valence-electron chi connectivity index (χ4n) is 3.34. The minimum Gasteiger partial charge on any atom is -0.368 e. The van der Waals surface area contributed by atoms with Gasteiger partial charge in [0.15, 0.2) is 0 Å². The van der Waals surface area contributed by atoms with E-state index in [1.54, 1.807) is 6.92 Å². The zero-order valence-corrected chi connectivity index (χ0v) is 18.9. The van der Waals surface area contributed by atoms with E-state index in [4.69, 9.17) is 17.3 Å². The van der Waals surface area contributed by atoms with E-state index in [1.165, 1.54) is 0 Å². The summed E-state index contributed by atoms with van der Waals surface area (Å²) in [5, 5.41) is 11.3. The van der Waals surface area contributed by atoms with Crippen molar-refractivity contribution in [3.8, 4) is 0 Å². The van der Waals surface area contributed by atoms with Crippen molar-refractivity contribution in [3.05, 3.63) is 41.2 Å². The van der Waals surface area contributed by atoms with Crippen LogP contribution >= 0.6 is 11.6 Å². The number of rotatable bonds is 3. The maximum Gasteiger partial charge on any atom is 0.243 e. The van der Waals surface area contributed by atoms with Crippen molar-refractivity contribution in [1.82, 2.24) is 25.6 Å². The molecule has 1 aromatic carbocycles. The predicted octanol–water partition coefficient (Wildman–Crippen LogP) is 0.619. The standard InChI is InChI=1S/C21H27ClN8O3/c1-12-17(32)27-15(11-13-7-3-2-4-8-13)18(33)26-14(16(23)31)9-5-6-10-24-20-28-19(22)29-21(25-12)30-20/h2-4,7-8,12,14-15H,5-6,9-11H2,1H3,(H2,23,31)(H,26,33)(H,27,32)(H2,24,25,28,29,30)/t12-,14-,15-/m0/s1. The summed E-state index contributed by atoms with van der Waals surface area (Å²) < 4.78 is 0. The first kappa shape index (κ1) is 24.2. The van der Waals surface area contributed by atoms with Crippen molar-refractivity contribution in [1.29, 1.82) is 0 Å². The lowest BCUT2D eigenvalue weighted by atomic mass is 10.0. The molecule has 1 aromatic heterocycles. The van der Waals surface area contributed by atoms with Gasteiger partial charge in [-0.3, -0.25) is 14.4 Å². The Labute approximate surface area is 196 Å². The lowest BCUT2D eigenvalue weighted by Gasteiger charge is -2.24. The van der Waals surface area contributed by atoms with Crippen molar-refractivity contribution in [2.24, 2.45) is 5.73 Å². The van der Waals surface area contributed by atoms with Crippen LogP contribution in [0.3, 0.4) is 0 Å². The molecule has 33 heavy (non-hydrogen) atoms. The van der Waals surface area contributed by atoms with E-state index in [2.05, 4.69) is 36.2 Å². The third kappa shape index (κ3) is 7.28. The number of nitrogens with zero attached hydrogens (tertiary/aromatic N) is 3. The SMILES string of the molecule is C[C@@H]1Nc2nc(Cl)nc(n2)NCCCC[C@@H](C(N)=O)NC(=O)[C@H](Cc2ccccc2)NC1=O. The number of benzene rings is 1. The first-order valence-electron chi connectivity index (χ1n) is 10.7. The second-order valence-electron chi connectivity index (χ2n) is 7.75. The van der Waals surface area contributed by atoms with E-state index in [0.717, 1.165) is 5.56 Å². The number of hydrogen-bond donors (Lipinski definition) is 5. The van der Waals surface area contributed by atoms with Gasteiger partial charge in [0.25, 0.3) is 0 Å². The molecule has 0 aliphatic carbocycles. The molecule has 176 valence electrons. The minimum absolute atomic E-state index is 0.0288. The molecule has 12 heteroatoms. The second kappa shape index (κ2) is 11.4. The zero-order valence-electron chi connectivity index (χ0n) is 18.2. The lowest BCUT2D eigenvalue weighted by Crippen LogP contribution is -2.55. The van der Waals surface area contributed by atoms with Gasteiger partial charge in [0, 0.05) is 13.0 Å². The van der Waals surface area contributed by atoms with Gasteiger partial charge in [0.2, 0.25) is 34.9 Å². The highest BCUT2D eigenvalue weighted by molar-refractivity contribution is 6.28. The maximum atomic E-state index is 13.0. The molecule has 0 fully saturated rings. The molecule has 11 nitrogen and oxygen atoms in total. The number of hydrogen-bond acceptors (Lipinski definition) is 8. The number of aromatic nitrogens is 3. The summed E-state index contributed by atoms with van der Waals surface area (Å²) in [4.78, 5) is 50.1. The average Bonchev–Trinajstić information content (AvgIpc) is 2.77. The van der Waals surface area contributed by atoms with Gasteiger partial charge in [-0.1, -0.05) is 30.3 Å². The highest BCUT2D eigenvalue weighted by Crippen LogP contribution is 2.12. The van der Waals surface area contributed by atoms with Crippen LogP contribution < -0.4 is 27.0 Å². The van der Waals surface area contributed by atoms with E-state index in [-0.39, 0.29) is 23.6 Å². The van der Waals surface area contributed by atoms with Crippen LogP contribution in [0.5, 0.6) is 0 Å². The molecule has 3 atom stereocenters. The van der Waals surface area contributed by atoms with Crippen LogP contribution in [0.1, 0.15) is 31.7 Å². The summed E-state index contributed by atoms with van der Waals surface area (Å²) in [7, 11) is 0. The van der Waals surface area contributed by atoms with Gasteiger partial charge < -0.3 is 27.0 Å². The van der Waals surface area contributed by atoms with Gasteiger partial charge in [-0.15, -0.1) is 0 Å². The third-order valence-corrected chi connectivity index (χ3v) is 5.29. The Kier molecular flexibility index (Phi) is 8.36. The van der Waals surface area contributed by atoms with Gasteiger partial charge in [0.1, 0.15) is 18.1 Å². The van der Waals surface area contributed by atoms with Crippen molar-refractivity contribution in [2.75, 3.05) is 17.2 Å². The van der Waals surface area contributed by atoms with Crippen LogP contribution in [0.15, 0.2) is 30.3 Å². The molecule has 0 spiro atoms. The third-order valence-electron chi connectivity index (χ3n) is 5.13. The fourth-order valence-corrected chi connectivity index (χ4v) is 3.50. The van der Waals surface area contributed by atoms with Gasteiger partial charge in [0.05, 0.1) is 0 Å². The average molecular weight is 475 g/mol. The van der Waals surface area contributed by atoms with Crippen molar-refractivity contribution < 1.29 is 14.4 Å². The number of primary amides is 1. The molecule has 0 saturated heterocycles. The molecule has 0 saturated carbocycles. The number of carbonyl (C=O) groups is 3. The summed E-state index contributed by atoms with van der Waals surface area (Å²) in [5.41, 5.74) is 6.36. The van der Waals surface area contributed by atoms with Crippen LogP contribution in [0, 0.1) is 0 Å². The van der Waals surface area contributed by atoms with Crippen LogP contribution in [0.4, 0.5) is 11.9 Å². The highest BCUT2D eigenvalue weighted by Gasteiger charge is 2.27. The van der Waals surface area contributed by atoms with Gasteiger partial charge in [-0.05, 0) is 43.4 Å². The number of halogens is 1. The van der Waals surface area contributed by atoms with E-state index < -0.39 is 35.8 Å². The Hall–Kier alpha value is -3.47. The largest absolute Gasteiger partial charge is 0.368 e. The molecular weight excluding hydrogens is 448 g/mol. The molecule has 1 aliphatic heterocycles. The first-order chi connectivity index (χ1) is 15.8. The van der Waals surface area contributed by atoms with Crippen molar-refractivity contribution in [3.63, 3.8) is 0 Å². The molecule has 0 radical (unpaired) electrons. The topological polar surface area (TPSA) is 164 Å². The minimum atomic E-state index is -0.918. The Balaban J connectivity index is 1.86. The molecule has 6 N–H and O–H groups in total. The Bertz CT molecular complexity index is 991. The van der Waals surface area contributed by atoms with E-state index in [0.29, 0.717) is 25.8 Å². The smallest absolute Gasteiger partial charge is 0.243 e. The molecule has 3 rings (SSSR count). The number of anilines is 2. The van der Waals surface area contributed by atoms with Gasteiger partial charge >= 0.3 is 0 Å². The molecule has 3 amide bonds. The maximum absolute atomic E-state index is 13.0. The summed E-state index contributed by atoms with van der Waals surface area (Å²) >= 11 is 5.99. The number of fused-ring (bicyclic) bond motifs is 2. The van der Waals surface area contributed by atoms with Crippen LogP contribution in [0.2, 0.25) is 5.28 Å². The highest BCUT2D eigenvalue weighted by atomic mass is 35.5. The van der Waals surface area contributed by atoms with E-state index >= 15 is 0 Å². The Morgan fingerprint density at radius 3 is 2.48 bits per heavy atom. The molecular formula is C21H27ClN8O3. The molecule has 2 aromatic rings. The van der Waals surface area contributed by atoms with Crippen LogP contribution in [-0.4, -0.2) is 57.3 Å². The Morgan fingerprint density at radius 2 is 1.76 bits per heavy atom. The van der Waals surface area contributed by atoms with Crippen molar-refractivity contribution >= 4 is 41.2 Å². The lowest BCUT2D eigenvalue weighted by molar-refractivity contribution is -0.131. The number of amides is 3. The molecule has 1 aliphatic rings. The molecule has 2 heterocycles. The number of carbonyl (C=O) groups excluding carboxylic acids is 3. The second-order valence-corrected chi connectivity index (χ2v) is 8.09. The summed E-state index contributed by atoms with van der Waals surface area (Å²) in [6.07, 6.45) is 1.88. The number of nitrogens with one attached hydrogen (secondary N) is 4. The molecule has 2 bridgehead atoms. The van der Waals surface area contributed by atoms with Crippen LogP contribution in [-0.2, 0) is 20.8 Å². The Morgan fingerprint density at radius 1 is 1.03 bits per heavy atom. The summed E-state index contributed by atoms with van der Waals surface area (Å²) in [6, 6.07) is 6.70. The first-order valence-corrected chi connectivity index (χ1v) is 11.1.